The van der Waals surface area contributed by atoms with E-state index in [2.05, 4.69) is 10.3 Å². The number of Topliss-reactive ketones (excluding diaryl/α,β-unsaturated/α-hetero) is 1. The van der Waals surface area contributed by atoms with Crippen molar-refractivity contribution in [1.82, 2.24) is 4.98 Å². The molecule has 0 fully saturated rings. The van der Waals surface area contributed by atoms with E-state index in [4.69, 9.17) is 21.1 Å². The number of hydrogen-bond donors (Lipinski definition) is 3. The van der Waals surface area contributed by atoms with Crippen molar-refractivity contribution in [1.29, 1.82) is 0 Å². The fourth-order valence-corrected chi connectivity index (χ4v) is 5.34. The molecule has 0 aliphatic carbocycles. The molecule has 0 bridgehead atoms. The van der Waals surface area contributed by atoms with Crippen LogP contribution in [-0.4, -0.2) is 41.2 Å². The number of halogens is 1. The van der Waals surface area contributed by atoms with Crippen LogP contribution >= 0.6 is 11.6 Å². The number of carbonyl (C=O) groups excluding carboxylic acids is 1. The fourth-order valence-electron chi connectivity index (χ4n) is 5.22. The van der Waals surface area contributed by atoms with E-state index in [1.165, 1.54) is 14.2 Å². The van der Waals surface area contributed by atoms with Crippen LogP contribution in [0.4, 0.5) is 5.69 Å². The number of benzene rings is 4. The lowest BCUT2D eigenvalue weighted by atomic mass is 9.95. The molecule has 0 saturated carbocycles. The predicted octanol–water partition coefficient (Wildman–Crippen LogP) is 7.33. The second-order valence-electron chi connectivity index (χ2n) is 9.86. The van der Waals surface area contributed by atoms with Crippen molar-refractivity contribution in [3.8, 4) is 23.1 Å². The Morgan fingerprint density at radius 2 is 1.66 bits per heavy atom. The molecular weight excluding hydrogens is 540 g/mol. The van der Waals surface area contributed by atoms with Crippen LogP contribution in [0.25, 0.3) is 21.7 Å². The van der Waals surface area contributed by atoms with Gasteiger partial charge in [-0.15, -0.1) is 0 Å². The Balaban J connectivity index is 1.63. The molecule has 0 amide bonds. The summed E-state index contributed by atoms with van der Waals surface area (Å²) in [5.41, 5.74) is 2.38. The maximum atomic E-state index is 14.2. The highest BCUT2D eigenvalue weighted by atomic mass is 35.5. The maximum Gasteiger partial charge on any atom is 0.226 e. The number of aryl methyl sites for hydroxylation is 1. The first-order valence-electron chi connectivity index (χ1n) is 13.4. The molecule has 4 aromatic carbocycles. The van der Waals surface area contributed by atoms with E-state index in [0.29, 0.717) is 28.4 Å². The minimum absolute atomic E-state index is 0.196. The summed E-state index contributed by atoms with van der Waals surface area (Å²) in [6.45, 7) is 2.03. The Morgan fingerprint density at radius 3 is 2.34 bits per heavy atom. The number of hydrogen-bond acceptors (Lipinski definition) is 7. The number of rotatable bonds is 10. The van der Waals surface area contributed by atoms with Gasteiger partial charge in [-0.1, -0.05) is 67.4 Å². The van der Waals surface area contributed by atoms with E-state index in [9.17, 15) is 15.0 Å². The van der Waals surface area contributed by atoms with E-state index < -0.39 is 23.5 Å². The number of nitrogens with one attached hydrogen (secondary N) is 1. The summed E-state index contributed by atoms with van der Waals surface area (Å²) in [5.74, 6) is -0.802. The van der Waals surface area contributed by atoms with Crippen LogP contribution in [0.5, 0.6) is 23.1 Å². The molecule has 7 nitrogen and oxygen atoms in total. The molecule has 1 unspecified atom stereocenters. The molecule has 0 aliphatic heterocycles. The van der Waals surface area contributed by atoms with Gasteiger partial charge in [0.15, 0.2) is 17.3 Å². The van der Waals surface area contributed by atoms with Gasteiger partial charge in [0.25, 0.3) is 0 Å². The van der Waals surface area contributed by atoms with Gasteiger partial charge in [-0.25, -0.2) is 4.98 Å². The van der Waals surface area contributed by atoms with Crippen molar-refractivity contribution in [2.75, 3.05) is 19.5 Å². The standard InChI is InChI=1S/C33H31ClN2O5/c1-4-7-22-18-25-27(32(41-3)31(22)40-2)30(38)28(33(39)36-25)29(37)26(16-19-10-13-23(34)14-11-19)35-24-15-12-20-8-5-6-9-21(20)17-24/h5-6,8-15,17-18,26,35H,4,7,16H2,1-3H3,(H2,36,38,39). The van der Waals surface area contributed by atoms with Crippen LogP contribution in [-0.2, 0) is 12.8 Å². The zero-order chi connectivity index (χ0) is 29.1. The van der Waals surface area contributed by atoms with Crippen molar-refractivity contribution >= 4 is 44.7 Å². The van der Waals surface area contributed by atoms with Gasteiger partial charge in [-0.05, 0) is 53.1 Å². The third-order valence-corrected chi connectivity index (χ3v) is 7.40. The highest BCUT2D eigenvalue weighted by Crippen LogP contribution is 2.46. The van der Waals surface area contributed by atoms with Crippen molar-refractivity contribution < 1.29 is 24.5 Å². The van der Waals surface area contributed by atoms with E-state index in [1.54, 1.807) is 18.2 Å². The zero-order valence-electron chi connectivity index (χ0n) is 23.1. The predicted molar refractivity (Wildman–Crippen MR) is 163 cm³/mol. The van der Waals surface area contributed by atoms with Gasteiger partial charge in [0.05, 0.1) is 31.2 Å². The van der Waals surface area contributed by atoms with Gasteiger partial charge in [0, 0.05) is 22.7 Å². The largest absolute Gasteiger partial charge is 0.506 e. The van der Waals surface area contributed by atoms with Crippen LogP contribution in [0.3, 0.4) is 0 Å². The monoisotopic (exact) mass is 570 g/mol. The molecule has 8 heteroatoms. The zero-order valence-corrected chi connectivity index (χ0v) is 23.8. The Labute approximate surface area is 243 Å². The molecular formula is C33H31ClN2O5. The summed E-state index contributed by atoms with van der Waals surface area (Å²) in [6, 6.07) is 21.8. The molecule has 210 valence electrons. The minimum Gasteiger partial charge on any atom is -0.506 e. The summed E-state index contributed by atoms with van der Waals surface area (Å²) in [4.78, 5) is 18.5. The average Bonchev–Trinajstić information content (AvgIpc) is 2.97. The van der Waals surface area contributed by atoms with Gasteiger partial charge in [0.2, 0.25) is 5.88 Å². The minimum atomic E-state index is -0.861. The number of nitrogens with zero attached hydrogens (tertiary/aromatic N) is 1. The smallest absolute Gasteiger partial charge is 0.226 e. The number of aromatic nitrogens is 1. The van der Waals surface area contributed by atoms with Gasteiger partial charge in [-0.2, -0.15) is 0 Å². The Bertz CT molecular complexity index is 1740. The average molecular weight is 571 g/mol. The molecule has 0 spiro atoms. The van der Waals surface area contributed by atoms with Crippen molar-refractivity contribution in [2.45, 2.75) is 32.2 Å². The first kappa shape index (κ1) is 28.1. The molecule has 0 radical (unpaired) electrons. The maximum absolute atomic E-state index is 14.2. The molecule has 5 aromatic rings. The SMILES string of the molecule is CCCc1cc2nc(O)c(C(=O)C(Cc3ccc(Cl)cc3)Nc3ccc4ccccc4c3)c(O)c2c(OC)c1OC. The lowest BCUT2D eigenvalue weighted by Gasteiger charge is -2.22. The summed E-state index contributed by atoms with van der Waals surface area (Å²) in [6.07, 6.45) is 1.78. The molecule has 0 saturated heterocycles. The first-order valence-corrected chi connectivity index (χ1v) is 13.8. The lowest BCUT2D eigenvalue weighted by Crippen LogP contribution is -2.32. The Kier molecular flexibility index (Phi) is 8.17. The third kappa shape index (κ3) is 5.58. The number of ether oxygens (including phenoxy) is 2. The number of fused-ring (bicyclic) bond motifs is 2. The van der Waals surface area contributed by atoms with Gasteiger partial charge < -0.3 is 25.0 Å². The molecule has 5 rings (SSSR count). The Hall–Kier alpha value is -4.49. The van der Waals surface area contributed by atoms with Gasteiger partial charge >= 0.3 is 0 Å². The molecule has 1 aromatic heterocycles. The summed E-state index contributed by atoms with van der Waals surface area (Å²) < 4.78 is 11.3. The Morgan fingerprint density at radius 1 is 0.951 bits per heavy atom. The number of anilines is 1. The number of pyridine rings is 1. The van der Waals surface area contributed by atoms with E-state index in [1.807, 2.05) is 61.5 Å². The molecule has 1 atom stereocenters. The van der Waals surface area contributed by atoms with E-state index >= 15 is 0 Å². The van der Waals surface area contributed by atoms with E-state index in [-0.39, 0.29) is 23.1 Å². The van der Waals surface area contributed by atoms with Crippen LogP contribution < -0.4 is 14.8 Å². The van der Waals surface area contributed by atoms with Crippen LogP contribution in [0.15, 0.2) is 72.8 Å². The molecule has 1 heterocycles. The number of methoxy groups -OCH3 is 2. The van der Waals surface area contributed by atoms with Crippen LogP contribution in [0, 0.1) is 0 Å². The lowest BCUT2D eigenvalue weighted by molar-refractivity contribution is 0.0963. The third-order valence-electron chi connectivity index (χ3n) is 7.15. The second-order valence-corrected chi connectivity index (χ2v) is 10.3. The second kappa shape index (κ2) is 11.9. The van der Waals surface area contributed by atoms with Gasteiger partial charge in [-0.3, -0.25) is 4.79 Å². The summed E-state index contributed by atoms with van der Waals surface area (Å²) in [7, 11) is 2.99. The number of aromatic hydroxyl groups is 2. The van der Waals surface area contributed by atoms with Crippen molar-refractivity contribution in [3.63, 3.8) is 0 Å². The van der Waals surface area contributed by atoms with Crippen LogP contribution in [0.2, 0.25) is 5.02 Å². The fraction of sp³-hybridized carbons (Fsp3) is 0.212. The number of carbonyl (C=O) groups is 1. The summed E-state index contributed by atoms with van der Waals surface area (Å²) >= 11 is 6.09. The normalized spacial score (nSPS) is 11.9. The molecule has 0 aliphatic rings. The number of ketones is 1. The van der Waals surface area contributed by atoms with Crippen molar-refractivity contribution in [2.24, 2.45) is 0 Å². The van der Waals surface area contributed by atoms with E-state index in [0.717, 1.165) is 28.3 Å². The highest BCUT2D eigenvalue weighted by molar-refractivity contribution is 6.30. The highest BCUT2D eigenvalue weighted by Gasteiger charge is 2.31. The topological polar surface area (TPSA) is 101 Å². The summed E-state index contributed by atoms with van der Waals surface area (Å²) in [5, 5.41) is 28.7. The first-order chi connectivity index (χ1) is 19.8. The quantitative estimate of drug-likeness (QED) is 0.151. The van der Waals surface area contributed by atoms with Crippen molar-refractivity contribution in [3.05, 3.63) is 94.5 Å². The molecule has 3 N–H and O–H groups in total. The van der Waals surface area contributed by atoms with Crippen LogP contribution in [0.1, 0.15) is 34.8 Å². The molecule has 41 heavy (non-hydrogen) atoms. The van der Waals surface area contributed by atoms with Gasteiger partial charge in [0.1, 0.15) is 11.3 Å².